The zero-order valence-electron chi connectivity index (χ0n) is 2.51. The van der Waals surface area contributed by atoms with Gasteiger partial charge in [-0.05, 0) is 0 Å². The van der Waals surface area contributed by atoms with Crippen molar-refractivity contribution in [1.82, 2.24) is 0 Å². The molecular formula is C2H6O3Sr. The summed E-state index contributed by atoms with van der Waals surface area (Å²) in [4.78, 5) is 9.12. The average Bonchev–Trinajstić information content (AvgIpc) is 1.38. The standard InChI is InChI=1S/C2H4O3.Sr.2H/c3-1-2(4)5;;;/h3H,1H2,(H,4,5);;;. The number of aliphatic hydroxyl groups is 1. The van der Waals surface area contributed by atoms with Gasteiger partial charge in [-0.3, -0.25) is 0 Å². The zero-order chi connectivity index (χ0) is 4.28. The molecule has 0 radical (unpaired) electrons. The van der Waals surface area contributed by atoms with Gasteiger partial charge in [0.05, 0.1) is 0 Å². The molecule has 3 nitrogen and oxygen atoms in total. The second-order valence-electron chi connectivity index (χ2n) is 0.552. The molecule has 0 rings (SSSR count). The quantitative estimate of drug-likeness (QED) is 0.449. The fourth-order valence-corrected chi connectivity index (χ4v) is 0. The van der Waals surface area contributed by atoms with E-state index in [1.54, 1.807) is 0 Å². The Labute approximate surface area is 72.2 Å². The Morgan fingerprint density at radius 3 is 1.83 bits per heavy atom. The van der Waals surface area contributed by atoms with Gasteiger partial charge >= 0.3 is 51.5 Å². The van der Waals surface area contributed by atoms with Gasteiger partial charge in [-0.25, -0.2) is 4.79 Å². The van der Waals surface area contributed by atoms with Crippen molar-refractivity contribution in [2.75, 3.05) is 6.61 Å². The molecule has 0 heterocycles. The molecule has 0 atom stereocenters. The first-order valence-corrected chi connectivity index (χ1v) is 1.10. The molecule has 0 bridgehead atoms. The summed E-state index contributed by atoms with van der Waals surface area (Å²) in [7, 11) is 0. The average molecular weight is 166 g/mol. The summed E-state index contributed by atoms with van der Waals surface area (Å²) < 4.78 is 0. The van der Waals surface area contributed by atoms with E-state index in [4.69, 9.17) is 15.0 Å². The number of hydrogen-bond acceptors (Lipinski definition) is 2. The molecule has 0 aliphatic heterocycles. The molecule has 0 spiro atoms. The van der Waals surface area contributed by atoms with E-state index in [-0.39, 0.29) is 45.5 Å². The topological polar surface area (TPSA) is 57.5 Å². The van der Waals surface area contributed by atoms with Crippen molar-refractivity contribution in [3.05, 3.63) is 0 Å². The summed E-state index contributed by atoms with van der Waals surface area (Å²) in [6, 6.07) is 0. The third-order valence-corrected chi connectivity index (χ3v) is 0.135. The molecule has 4 heteroatoms. The van der Waals surface area contributed by atoms with Gasteiger partial charge in [0.15, 0.2) is 0 Å². The summed E-state index contributed by atoms with van der Waals surface area (Å²) in [5.41, 5.74) is 0. The van der Waals surface area contributed by atoms with Gasteiger partial charge in [0.1, 0.15) is 6.61 Å². The molecule has 0 saturated carbocycles. The maximum absolute atomic E-state index is 9.12. The molecule has 0 fully saturated rings. The van der Waals surface area contributed by atoms with Crippen molar-refractivity contribution in [2.24, 2.45) is 0 Å². The third-order valence-electron chi connectivity index (χ3n) is 0.135. The monoisotopic (exact) mass is 166 g/mol. The van der Waals surface area contributed by atoms with Crippen molar-refractivity contribution in [2.45, 2.75) is 0 Å². The second-order valence-corrected chi connectivity index (χ2v) is 0.552. The van der Waals surface area contributed by atoms with Gasteiger partial charge in [0.2, 0.25) is 0 Å². The van der Waals surface area contributed by atoms with Crippen molar-refractivity contribution in [3.8, 4) is 0 Å². The summed E-state index contributed by atoms with van der Waals surface area (Å²) >= 11 is 0. The minimum atomic E-state index is -1.19. The van der Waals surface area contributed by atoms with Gasteiger partial charge in [0.25, 0.3) is 0 Å². The number of rotatable bonds is 1. The Balaban J connectivity index is 0. The van der Waals surface area contributed by atoms with E-state index in [2.05, 4.69) is 0 Å². The van der Waals surface area contributed by atoms with Crippen LogP contribution in [0.15, 0.2) is 0 Å². The van der Waals surface area contributed by atoms with Crippen LogP contribution in [0.1, 0.15) is 0 Å². The molecule has 0 unspecified atom stereocenters. The van der Waals surface area contributed by atoms with E-state index in [1.165, 1.54) is 0 Å². The van der Waals surface area contributed by atoms with Crippen LogP contribution in [0.25, 0.3) is 0 Å². The Morgan fingerprint density at radius 1 is 1.67 bits per heavy atom. The van der Waals surface area contributed by atoms with Crippen LogP contribution in [0.3, 0.4) is 0 Å². The van der Waals surface area contributed by atoms with Gasteiger partial charge in [-0.15, -0.1) is 0 Å². The summed E-state index contributed by atoms with van der Waals surface area (Å²) in [5.74, 6) is -1.19. The molecule has 0 aromatic heterocycles. The van der Waals surface area contributed by atoms with Crippen LogP contribution in [0, 0.1) is 0 Å². The number of carbonyl (C=O) groups is 1. The number of aliphatic carboxylic acids is 1. The fraction of sp³-hybridized carbons (Fsp3) is 0.500. The van der Waals surface area contributed by atoms with Crippen LogP contribution < -0.4 is 0 Å². The predicted octanol–water partition coefficient (Wildman–Crippen LogP) is -1.85. The van der Waals surface area contributed by atoms with Crippen molar-refractivity contribution < 1.29 is 15.0 Å². The van der Waals surface area contributed by atoms with E-state index in [0.29, 0.717) is 0 Å². The molecular weight excluding hydrogens is 160 g/mol. The van der Waals surface area contributed by atoms with Crippen molar-refractivity contribution in [3.63, 3.8) is 0 Å². The van der Waals surface area contributed by atoms with E-state index >= 15 is 0 Å². The SMILES string of the molecule is O=C(O)CO.[SrH2]. The Bertz CT molecular complexity index is 44.1. The molecule has 2 N–H and O–H groups in total. The summed E-state index contributed by atoms with van der Waals surface area (Å²) in [6.07, 6.45) is 0. The van der Waals surface area contributed by atoms with Gasteiger partial charge < -0.3 is 10.2 Å². The first kappa shape index (κ1) is 10.0. The van der Waals surface area contributed by atoms with Crippen LogP contribution >= 0.6 is 0 Å². The van der Waals surface area contributed by atoms with Crippen LogP contribution in [-0.4, -0.2) is 68.3 Å². The molecule has 0 saturated heterocycles. The molecule has 0 aliphatic carbocycles. The van der Waals surface area contributed by atoms with Crippen LogP contribution in [0.5, 0.6) is 0 Å². The summed E-state index contributed by atoms with van der Waals surface area (Å²) in [5, 5.41) is 15.0. The Kier molecular flexibility index (Phi) is 9.86. The molecule has 0 aromatic carbocycles. The molecule has 0 aliphatic rings. The van der Waals surface area contributed by atoms with Crippen LogP contribution in [-0.2, 0) is 4.79 Å². The van der Waals surface area contributed by atoms with Gasteiger partial charge in [-0.2, -0.15) is 0 Å². The van der Waals surface area contributed by atoms with Crippen LogP contribution in [0.4, 0.5) is 0 Å². The van der Waals surface area contributed by atoms with Gasteiger partial charge in [-0.1, -0.05) is 0 Å². The van der Waals surface area contributed by atoms with E-state index < -0.39 is 12.6 Å². The third kappa shape index (κ3) is 8.86. The van der Waals surface area contributed by atoms with E-state index in [9.17, 15) is 0 Å². The predicted molar refractivity (Wildman–Crippen MR) is 23.3 cm³/mol. The van der Waals surface area contributed by atoms with Crippen molar-refractivity contribution >= 4 is 51.5 Å². The fourth-order valence-electron chi connectivity index (χ4n) is 0. The normalized spacial score (nSPS) is 6.17. The van der Waals surface area contributed by atoms with Crippen molar-refractivity contribution in [1.29, 1.82) is 0 Å². The van der Waals surface area contributed by atoms with Crippen LogP contribution in [0.2, 0.25) is 0 Å². The maximum atomic E-state index is 9.12. The first-order chi connectivity index (χ1) is 2.27. The number of carboxylic acids is 1. The number of hydrogen-bond donors (Lipinski definition) is 2. The van der Waals surface area contributed by atoms with E-state index in [0.717, 1.165) is 0 Å². The van der Waals surface area contributed by atoms with E-state index in [1.807, 2.05) is 0 Å². The molecule has 34 valence electrons. The minimum absolute atomic E-state index is 0. The number of aliphatic hydroxyl groups excluding tert-OH is 1. The summed E-state index contributed by atoms with van der Waals surface area (Å²) in [6.45, 7) is -0.778. The molecule has 6 heavy (non-hydrogen) atoms. The number of carboxylic acid groups (broad SMARTS) is 1. The first-order valence-electron chi connectivity index (χ1n) is 1.10. The zero-order valence-corrected chi connectivity index (χ0v) is 2.51. The molecule has 0 amide bonds. The van der Waals surface area contributed by atoms with Gasteiger partial charge in [0, 0.05) is 0 Å². The second kappa shape index (κ2) is 5.91. The Morgan fingerprint density at radius 2 is 1.83 bits per heavy atom. The molecule has 0 aromatic rings. The Hall–Kier alpha value is 0.911.